The maximum atomic E-state index is 13.4. The van der Waals surface area contributed by atoms with Crippen LogP contribution in [0.2, 0.25) is 0 Å². The van der Waals surface area contributed by atoms with Crippen LogP contribution in [-0.4, -0.2) is 53.8 Å². The van der Waals surface area contributed by atoms with Crippen LogP contribution in [0.25, 0.3) is 11.1 Å². The number of carboxylic acids is 1. The molecule has 37 heavy (non-hydrogen) atoms. The van der Waals surface area contributed by atoms with Crippen LogP contribution in [0.1, 0.15) is 29.0 Å². The normalized spacial score (nSPS) is 12.6. The van der Waals surface area contributed by atoms with Gasteiger partial charge in [0.25, 0.3) is 0 Å². The number of fused-ring (bicyclic) bond motifs is 3. The molecule has 1 amide bonds. The SMILES string of the molecule is C=CCOC(=O)CCN(C(=O)OCC1c2ccccc2-c2ccccc21)[C@@H](Cc1ccccc1)C(=O)O. The van der Waals surface area contributed by atoms with Gasteiger partial charge in [-0.1, -0.05) is 91.5 Å². The number of carboxylic acid groups (broad SMARTS) is 1. The molecule has 3 aromatic rings. The zero-order valence-electron chi connectivity index (χ0n) is 20.4. The van der Waals surface area contributed by atoms with Crippen LogP contribution in [0, 0.1) is 0 Å². The van der Waals surface area contributed by atoms with Crippen molar-refractivity contribution in [2.45, 2.75) is 24.8 Å². The number of esters is 1. The molecule has 0 heterocycles. The summed E-state index contributed by atoms with van der Waals surface area (Å²) in [7, 11) is 0. The molecule has 1 aliphatic rings. The van der Waals surface area contributed by atoms with Crippen LogP contribution >= 0.6 is 0 Å². The van der Waals surface area contributed by atoms with Crippen molar-refractivity contribution in [3.8, 4) is 11.1 Å². The summed E-state index contributed by atoms with van der Waals surface area (Å²) in [5.74, 6) is -1.91. The van der Waals surface area contributed by atoms with E-state index in [4.69, 9.17) is 9.47 Å². The number of ether oxygens (including phenoxy) is 2. The third kappa shape index (κ3) is 6.06. The number of nitrogens with zero attached hydrogens (tertiary/aromatic N) is 1. The van der Waals surface area contributed by atoms with Crippen LogP contribution < -0.4 is 0 Å². The molecule has 3 aromatic carbocycles. The Bertz CT molecular complexity index is 1230. The van der Waals surface area contributed by atoms with E-state index < -0.39 is 24.1 Å². The highest BCUT2D eigenvalue weighted by molar-refractivity contribution is 5.82. The van der Waals surface area contributed by atoms with Gasteiger partial charge in [-0.25, -0.2) is 9.59 Å². The smallest absolute Gasteiger partial charge is 0.410 e. The fourth-order valence-electron chi connectivity index (χ4n) is 4.66. The Kier molecular flexibility index (Phi) is 8.36. The molecule has 1 aliphatic carbocycles. The van der Waals surface area contributed by atoms with Crippen molar-refractivity contribution < 1.29 is 29.0 Å². The van der Waals surface area contributed by atoms with E-state index in [1.165, 1.54) is 6.08 Å². The van der Waals surface area contributed by atoms with Gasteiger partial charge in [0.15, 0.2) is 0 Å². The molecule has 1 N–H and O–H groups in total. The first kappa shape index (κ1) is 25.7. The lowest BCUT2D eigenvalue weighted by Crippen LogP contribution is -2.47. The molecule has 0 aromatic heterocycles. The maximum Gasteiger partial charge on any atom is 0.410 e. The van der Waals surface area contributed by atoms with E-state index in [1.54, 1.807) is 24.3 Å². The monoisotopic (exact) mass is 499 g/mol. The van der Waals surface area contributed by atoms with Gasteiger partial charge < -0.3 is 14.6 Å². The molecular weight excluding hydrogens is 470 g/mol. The lowest BCUT2D eigenvalue weighted by atomic mass is 9.98. The Balaban J connectivity index is 1.54. The molecule has 7 nitrogen and oxygen atoms in total. The number of carbonyl (C=O) groups excluding carboxylic acids is 2. The number of carbonyl (C=O) groups is 3. The van der Waals surface area contributed by atoms with Crippen molar-refractivity contribution in [1.29, 1.82) is 0 Å². The number of hydrogen-bond acceptors (Lipinski definition) is 5. The quantitative estimate of drug-likeness (QED) is 0.293. The van der Waals surface area contributed by atoms with Gasteiger partial charge >= 0.3 is 18.0 Å². The molecule has 0 bridgehead atoms. The highest BCUT2D eigenvalue weighted by Gasteiger charge is 2.34. The van der Waals surface area contributed by atoms with Crippen molar-refractivity contribution in [2.24, 2.45) is 0 Å². The minimum atomic E-state index is -1.22. The van der Waals surface area contributed by atoms with Gasteiger partial charge in [-0.15, -0.1) is 0 Å². The summed E-state index contributed by atoms with van der Waals surface area (Å²) in [6.07, 6.45) is 0.553. The Morgan fingerprint density at radius 1 is 0.892 bits per heavy atom. The standard InChI is InChI=1S/C30H29NO6/c1-2-18-36-28(32)16-17-31(27(29(33)34)19-21-10-4-3-5-11-21)30(35)37-20-26-24-14-8-6-12-22(24)23-13-7-9-15-25(23)26/h2-15,26-27H,1,16-20H2,(H,33,34)/t27-/m0/s1. The van der Waals surface area contributed by atoms with Crippen molar-refractivity contribution in [1.82, 2.24) is 4.90 Å². The van der Waals surface area contributed by atoms with E-state index >= 15 is 0 Å². The van der Waals surface area contributed by atoms with E-state index in [1.807, 2.05) is 54.6 Å². The van der Waals surface area contributed by atoms with Gasteiger partial charge in [-0.2, -0.15) is 0 Å². The second-order valence-corrected chi connectivity index (χ2v) is 8.76. The second-order valence-electron chi connectivity index (χ2n) is 8.76. The zero-order valence-corrected chi connectivity index (χ0v) is 20.4. The van der Waals surface area contributed by atoms with E-state index in [2.05, 4.69) is 6.58 Å². The molecule has 0 aliphatic heterocycles. The minimum Gasteiger partial charge on any atom is -0.480 e. The summed E-state index contributed by atoms with van der Waals surface area (Å²) in [6, 6.07) is 23.7. The Hall–Kier alpha value is -4.39. The van der Waals surface area contributed by atoms with Crippen molar-refractivity contribution in [3.05, 3.63) is 108 Å². The molecule has 190 valence electrons. The maximum absolute atomic E-state index is 13.4. The van der Waals surface area contributed by atoms with Gasteiger partial charge in [-0.05, 0) is 27.8 Å². The van der Waals surface area contributed by atoms with Crippen LogP contribution in [0.5, 0.6) is 0 Å². The number of amides is 1. The number of rotatable bonds is 11. The molecule has 0 saturated carbocycles. The molecule has 0 fully saturated rings. The van der Waals surface area contributed by atoms with Crippen LogP contribution in [0.3, 0.4) is 0 Å². The summed E-state index contributed by atoms with van der Waals surface area (Å²) >= 11 is 0. The van der Waals surface area contributed by atoms with E-state index in [0.29, 0.717) is 0 Å². The van der Waals surface area contributed by atoms with Gasteiger partial charge in [0.1, 0.15) is 19.3 Å². The van der Waals surface area contributed by atoms with Gasteiger partial charge in [0.2, 0.25) is 0 Å². The fourth-order valence-corrected chi connectivity index (χ4v) is 4.66. The first-order valence-corrected chi connectivity index (χ1v) is 12.1. The van der Waals surface area contributed by atoms with Gasteiger partial charge in [0, 0.05) is 18.9 Å². The van der Waals surface area contributed by atoms with E-state index in [-0.39, 0.29) is 38.5 Å². The lowest BCUT2D eigenvalue weighted by Gasteiger charge is -2.29. The van der Waals surface area contributed by atoms with Crippen molar-refractivity contribution in [2.75, 3.05) is 19.8 Å². The van der Waals surface area contributed by atoms with Crippen LogP contribution in [0.15, 0.2) is 91.5 Å². The fraction of sp³-hybridized carbons (Fsp3) is 0.233. The number of benzene rings is 3. The Labute approximate surface area is 215 Å². The predicted octanol–water partition coefficient (Wildman–Crippen LogP) is 5.05. The average Bonchev–Trinajstić information content (AvgIpc) is 3.24. The molecule has 0 spiro atoms. The summed E-state index contributed by atoms with van der Waals surface area (Å²) < 4.78 is 10.8. The Morgan fingerprint density at radius 3 is 2.08 bits per heavy atom. The first-order chi connectivity index (χ1) is 18.0. The summed E-state index contributed by atoms with van der Waals surface area (Å²) in [4.78, 5) is 38.9. The van der Waals surface area contributed by atoms with Crippen molar-refractivity contribution in [3.63, 3.8) is 0 Å². The summed E-state index contributed by atoms with van der Waals surface area (Å²) in [6.45, 7) is 3.43. The third-order valence-corrected chi connectivity index (χ3v) is 6.42. The summed E-state index contributed by atoms with van der Waals surface area (Å²) in [5, 5.41) is 10.0. The van der Waals surface area contributed by atoms with Gasteiger partial charge in [0.05, 0.1) is 6.42 Å². The minimum absolute atomic E-state index is 0.0378. The molecule has 0 saturated heterocycles. The highest BCUT2D eigenvalue weighted by Crippen LogP contribution is 2.44. The molecule has 1 atom stereocenters. The Morgan fingerprint density at radius 2 is 1.49 bits per heavy atom. The molecule has 0 radical (unpaired) electrons. The highest BCUT2D eigenvalue weighted by atomic mass is 16.6. The van der Waals surface area contributed by atoms with Crippen molar-refractivity contribution >= 4 is 18.0 Å². The molecule has 4 rings (SSSR count). The van der Waals surface area contributed by atoms with E-state index in [9.17, 15) is 19.5 Å². The largest absolute Gasteiger partial charge is 0.480 e. The number of aliphatic carboxylic acids is 1. The average molecular weight is 500 g/mol. The van der Waals surface area contributed by atoms with Gasteiger partial charge in [-0.3, -0.25) is 9.69 Å². The predicted molar refractivity (Wildman–Crippen MR) is 139 cm³/mol. The third-order valence-electron chi connectivity index (χ3n) is 6.42. The second kappa shape index (κ2) is 12.0. The molecule has 7 heteroatoms. The van der Waals surface area contributed by atoms with Crippen LogP contribution in [-0.2, 0) is 25.5 Å². The lowest BCUT2D eigenvalue weighted by molar-refractivity contribution is -0.146. The van der Waals surface area contributed by atoms with E-state index in [0.717, 1.165) is 32.7 Å². The van der Waals surface area contributed by atoms with Crippen LogP contribution in [0.4, 0.5) is 4.79 Å². The molecular formula is C30H29NO6. The number of hydrogen-bond donors (Lipinski definition) is 1. The summed E-state index contributed by atoms with van der Waals surface area (Å²) in [5.41, 5.74) is 5.03. The molecule has 0 unspecified atom stereocenters. The zero-order chi connectivity index (χ0) is 26.2. The first-order valence-electron chi connectivity index (χ1n) is 12.1. The topological polar surface area (TPSA) is 93.1 Å².